The van der Waals surface area contributed by atoms with E-state index in [1.807, 2.05) is 0 Å². The molecule has 3 aliphatic rings. The van der Waals surface area contributed by atoms with E-state index < -0.39 is 0 Å². The minimum absolute atomic E-state index is 0.480. The maximum Gasteiger partial charge on any atom is 0.0615 e. The van der Waals surface area contributed by atoms with Crippen LogP contribution < -0.4 is 5.73 Å². The largest absolute Gasteiger partial charge is 0.378 e. The lowest BCUT2D eigenvalue weighted by molar-refractivity contribution is -0.0321. The Morgan fingerprint density at radius 1 is 0.941 bits per heavy atom. The molecule has 2 nitrogen and oxygen atoms in total. The molecule has 0 spiro atoms. The van der Waals surface area contributed by atoms with Crippen molar-refractivity contribution in [1.29, 1.82) is 0 Å². The Labute approximate surface area is 105 Å². The van der Waals surface area contributed by atoms with Gasteiger partial charge in [-0.1, -0.05) is 19.3 Å². The Hall–Kier alpha value is -0.0800. The fourth-order valence-corrected chi connectivity index (χ4v) is 4.49. The van der Waals surface area contributed by atoms with Crippen LogP contribution in [0.5, 0.6) is 0 Å². The average molecular weight is 237 g/mol. The molecular formula is C15H27NO. The normalized spacial score (nSPS) is 45.4. The zero-order chi connectivity index (χ0) is 11.7. The van der Waals surface area contributed by atoms with Gasteiger partial charge in [0, 0.05) is 0 Å². The van der Waals surface area contributed by atoms with Gasteiger partial charge in [0.25, 0.3) is 0 Å². The van der Waals surface area contributed by atoms with E-state index >= 15 is 0 Å². The molecule has 2 heteroatoms. The van der Waals surface area contributed by atoms with Crippen molar-refractivity contribution in [2.75, 3.05) is 13.2 Å². The van der Waals surface area contributed by atoms with Crippen LogP contribution in [0, 0.1) is 23.7 Å². The van der Waals surface area contributed by atoms with E-state index in [1.54, 1.807) is 0 Å². The average Bonchev–Trinajstić information content (AvgIpc) is 2.98. The molecule has 3 rings (SSSR count). The van der Waals surface area contributed by atoms with Gasteiger partial charge in [0.2, 0.25) is 0 Å². The van der Waals surface area contributed by atoms with E-state index in [0.717, 1.165) is 30.9 Å². The number of hydrogen-bond donors (Lipinski definition) is 1. The summed E-state index contributed by atoms with van der Waals surface area (Å²) in [5.74, 6) is 3.57. The van der Waals surface area contributed by atoms with Gasteiger partial charge < -0.3 is 10.5 Å². The molecule has 2 bridgehead atoms. The third-order valence-electron chi connectivity index (χ3n) is 5.55. The first-order chi connectivity index (χ1) is 8.36. The van der Waals surface area contributed by atoms with Crippen LogP contribution in [0.3, 0.4) is 0 Å². The van der Waals surface area contributed by atoms with Crippen LogP contribution in [-0.2, 0) is 4.74 Å². The summed E-state index contributed by atoms with van der Waals surface area (Å²) in [6, 6.07) is 0. The lowest BCUT2D eigenvalue weighted by atomic mass is 9.86. The summed E-state index contributed by atoms with van der Waals surface area (Å²) in [6.45, 7) is 1.85. The zero-order valence-corrected chi connectivity index (χ0v) is 10.9. The molecule has 0 aromatic heterocycles. The van der Waals surface area contributed by atoms with Crippen LogP contribution in [0.25, 0.3) is 0 Å². The van der Waals surface area contributed by atoms with Gasteiger partial charge in [-0.05, 0) is 62.3 Å². The third kappa shape index (κ3) is 2.53. The van der Waals surface area contributed by atoms with E-state index in [1.165, 1.54) is 51.4 Å². The predicted octanol–water partition coefficient (Wildman–Crippen LogP) is 2.96. The van der Waals surface area contributed by atoms with E-state index in [4.69, 9.17) is 10.5 Å². The minimum Gasteiger partial charge on any atom is -0.378 e. The van der Waals surface area contributed by atoms with Crippen LogP contribution in [0.1, 0.15) is 51.4 Å². The second-order valence-electron chi connectivity index (χ2n) is 6.59. The molecule has 3 fully saturated rings. The Balaban J connectivity index is 1.46. The number of nitrogens with two attached hydrogens (primary N) is 1. The molecule has 0 heterocycles. The molecule has 2 N–H and O–H groups in total. The SMILES string of the molecule is NCC1CCCCC1OCC1CC2CCC1C2. The summed E-state index contributed by atoms with van der Waals surface area (Å²) in [5.41, 5.74) is 5.86. The summed E-state index contributed by atoms with van der Waals surface area (Å²) >= 11 is 0. The van der Waals surface area contributed by atoms with Crippen LogP contribution in [0.4, 0.5) is 0 Å². The molecule has 0 saturated heterocycles. The maximum absolute atomic E-state index is 6.24. The smallest absolute Gasteiger partial charge is 0.0615 e. The second kappa shape index (κ2) is 5.27. The van der Waals surface area contributed by atoms with Gasteiger partial charge in [-0.2, -0.15) is 0 Å². The Bertz CT molecular complexity index is 255. The maximum atomic E-state index is 6.24. The van der Waals surface area contributed by atoms with Gasteiger partial charge in [0.05, 0.1) is 12.7 Å². The molecule has 0 radical (unpaired) electrons. The summed E-state index contributed by atoms with van der Waals surface area (Å²) < 4.78 is 6.24. The molecule has 0 aromatic rings. The van der Waals surface area contributed by atoms with Crippen molar-refractivity contribution in [3.8, 4) is 0 Å². The predicted molar refractivity (Wildman–Crippen MR) is 69.7 cm³/mol. The fraction of sp³-hybridized carbons (Fsp3) is 1.00. The first kappa shape index (κ1) is 12.0. The monoisotopic (exact) mass is 237 g/mol. The van der Waals surface area contributed by atoms with E-state index in [2.05, 4.69) is 0 Å². The number of rotatable bonds is 4. The highest BCUT2D eigenvalue weighted by Crippen LogP contribution is 2.48. The van der Waals surface area contributed by atoms with Crippen molar-refractivity contribution in [1.82, 2.24) is 0 Å². The summed E-state index contributed by atoms with van der Waals surface area (Å²) in [5, 5.41) is 0. The number of fused-ring (bicyclic) bond motifs is 2. The van der Waals surface area contributed by atoms with Gasteiger partial charge in [0.15, 0.2) is 0 Å². The second-order valence-corrected chi connectivity index (χ2v) is 6.59. The van der Waals surface area contributed by atoms with Crippen molar-refractivity contribution in [3.63, 3.8) is 0 Å². The van der Waals surface area contributed by atoms with Gasteiger partial charge in [-0.3, -0.25) is 0 Å². The summed E-state index contributed by atoms with van der Waals surface area (Å²) in [7, 11) is 0. The molecule has 17 heavy (non-hydrogen) atoms. The molecule has 3 aliphatic carbocycles. The Morgan fingerprint density at radius 3 is 2.53 bits per heavy atom. The first-order valence-electron chi connectivity index (χ1n) is 7.68. The fourth-order valence-electron chi connectivity index (χ4n) is 4.49. The van der Waals surface area contributed by atoms with E-state index in [0.29, 0.717) is 12.0 Å². The van der Waals surface area contributed by atoms with Gasteiger partial charge in [0.1, 0.15) is 0 Å². The van der Waals surface area contributed by atoms with E-state index in [9.17, 15) is 0 Å². The summed E-state index contributed by atoms with van der Waals surface area (Å²) in [4.78, 5) is 0. The lowest BCUT2D eigenvalue weighted by Crippen LogP contribution is -2.34. The molecule has 0 aliphatic heterocycles. The van der Waals surface area contributed by atoms with Gasteiger partial charge >= 0.3 is 0 Å². The number of hydrogen-bond acceptors (Lipinski definition) is 2. The topological polar surface area (TPSA) is 35.2 Å². The van der Waals surface area contributed by atoms with Crippen LogP contribution in [0.2, 0.25) is 0 Å². The van der Waals surface area contributed by atoms with Crippen LogP contribution in [-0.4, -0.2) is 19.3 Å². The molecule has 0 aromatic carbocycles. The van der Waals surface area contributed by atoms with Crippen molar-refractivity contribution in [2.45, 2.75) is 57.5 Å². The summed E-state index contributed by atoms with van der Waals surface area (Å²) in [6.07, 6.45) is 11.6. The quantitative estimate of drug-likeness (QED) is 0.816. The molecule has 3 saturated carbocycles. The van der Waals surface area contributed by atoms with Gasteiger partial charge in [-0.25, -0.2) is 0 Å². The number of ether oxygens (including phenoxy) is 1. The molecule has 0 amide bonds. The third-order valence-corrected chi connectivity index (χ3v) is 5.55. The Kier molecular flexibility index (Phi) is 3.72. The van der Waals surface area contributed by atoms with Crippen molar-refractivity contribution in [2.24, 2.45) is 29.4 Å². The molecule has 5 unspecified atom stereocenters. The highest BCUT2D eigenvalue weighted by molar-refractivity contribution is 4.90. The molecule has 5 atom stereocenters. The van der Waals surface area contributed by atoms with Crippen molar-refractivity contribution in [3.05, 3.63) is 0 Å². The van der Waals surface area contributed by atoms with Crippen molar-refractivity contribution >= 4 is 0 Å². The highest BCUT2D eigenvalue weighted by Gasteiger charge is 2.40. The van der Waals surface area contributed by atoms with Crippen LogP contribution >= 0.6 is 0 Å². The van der Waals surface area contributed by atoms with Crippen LogP contribution in [0.15, 0.2) is 0 Å². The van der Waals surface area contributed by atoms with Gasteiger partial charge in [-0.15, -0.1) is 0 Å². The standard InChI is InChI=1S/C15H27NO/c16-9-13-3-1-2-4-15(13)17-10-14-8-11-5-6-12(14)7-11/h11-15H,1-10,16H2. The lowest BCUT2D eigenvalue weighted by Gasteiger charge is -2.32. The Morgan fingerprint density at radius 2 is 1.82 bits per heavy atom. The molecular weight excluding hydrogens is 210 g/mol. The highest BCUT2D eigenvalue weighted by atomic mass is 16.5. The first-order valence-corrected chi connectivity index (χ1v) is 7.68. The van der Waals surface area contributed by atoms with E-state index in [-0.39, 0.29) is 0 Å². The zero-order valence-electron chi connectivity index (χ0n) is 10.9. The van der Waals surface area contributed by atoms with Crippen molar-refractivity contribution < 1.29 is 4.74 Å². The minimum atomic E-state index is 0.480. The molecule has 98 valence electrons.